The molecule has 1 aliphatic carbocycles. The minimum atomic E-state index is 0.535. The molecule has 1 aliphatic rings. The van der Waals surface area contributed by atoms with Gasteiger partial charge in [-0.25, -0.2) is 4.98 Å². The molecule has 1 saturated carbocycles. The highest BCUT2D eigenvalue weighted by Crippen LogP contribution is 2.27. The Morgan fingerprint density at radius 2 is 2.16 bits per heavy atom. The molecule has 6 nitrogen and oxygen atoms in total. The van der Waals surface area contributed by atoms with Crippen molar-refractivity contribution in [2.45, 2.75) is 38.1 Å². The maximum Gasteiger partial charge on any atom is 0.203 e. The summed E-state index contributed by atoms with van der Waals surface area (Å²) in [6.45, 7) is 1.46. The average molecular weight is 260 g/mol. The van der Waals surface area contributed by atoms with Gasteiger partial charge in [0.25, 0.3) is 0 Å². The zero-order chi connectivity index (χ0) is 13.1. The molecule has 19 heavy (non-hydrogen) atoms. The Bertz CT molecular complexity index is 531. The fourth-order valence-electron chi connectivity index (χ4n) is 2.94. The molecule has 2 aromatic rings. The lowest BCUT2D eigenvalue weighted by Gasteiger charge is -2.34. The summed E-state index contributed by atoms with van der Waals surface area (Å²) in [6.07, 6.45) is 11.8. The van der Waals surface area contributed by atoms with Crippen molar-refractivity contribution in [1.29, 1.82) is 0 Å². The van der Waals surface area contributed by atoms with Gasteiger partial charge in [-0.15, -0.1) is 10.2 Å². The molecule has 102 valence electrons. The van der Waals surface area contributed by atoms with Gasteiger partial charge in [-0.05, 0) is 12.8 Å². The van der Waals surface area contributed by atoms with Crippen molar-refractivity contribution in [2.75, 3.05) is 18.0 Å². The molecule has 0 bridgehead atoms. The van der Waals surface area contributed by atoms with E-state index in [-0.39, 0.29) is 0 Å². The number of fused-ring (bicyclic) bond motifs is 1. The van der Waals surface area contributed by atoms with Crippen LogP contribution in [0.15, 0.2) is 18.7 Å². The Hall–Kier alpha value is -1.69. The Morgan fingerprint density at radius 3 is 2.95 bits per heavy atom. The van der Waals surface area contributed by atoms with Crippen molar-refractivity contribution in [1.82, 2.24) is 19.6 Å². The Labute approximate surface area is 112 Å². The average Bonchev–Trinajstić information content (AvgIpc) is 2.94. The summed E-state index contributed by atoms with van der Waals surface area (Å²) in [4.78, 5) is 6.84. The third-order valence-corrected chi connectivity index (χ3v) is 3.85. The molecule has 6 heteroatoms. The highest BCUT2D eigenvalue weighted by Gasteiger charge is 2.24. The first-order valence-corrected chi connectivity index (χ1v) is 7.01. The summed E-state index contributed by atoms with van der Waals surface area (Å²) < 4.78 is 1.91. The third-order valence-electron chi connectivity index (χ3n) is 3.85. The molecule has 0 unspecified atom stereocenters. The molecule has 0 atom stereocenters. The van der Waals surface area contributed by atoms with Crippen LogP contribution in [-0.4, -0.2) is 38.7 Å². The van der Waals surface area contributed by atoms with Crippen molar-refractivity contribution in [3.63, 3.8) is 0 Å². The van der Waals surface area contributed by atoms with Gasteiger partial charge in [0.2, 0.25) is 5.65 Å². The van der Waals surface area contributed by atoms with Crippen LogP contribution in [0, 0.1) is 0 Å². The summed E-state index contributed by atoms with van der Waals surface area (Å²) in [5.74, 6) is 0.914. The van der Waals surface area contributed by atoms with Gasteiger partial charge < -0.3 is 10.6 Å². The summed E-state index contributed by atoms with van der Waals surface area (Å²) in [7, 11) is 0. The molecule has 0 aliphatic heterocycles. The topological polar surface area (TPSA) is 72.3 Å². The van der Waals surface area contributed by atoms with Crippen molar-refractivity contribution in [3.05, 3.63) is 18.7 Å². The van der Waals surface area contributed by atoms with Crippen LogP contribution in [0.25, 0.3) is 5.65 Å². The maximum atomic E-state index is 5.78. The lowest BCUT2D eigenvalue weighted by atomic mass is 9.94. The van der Waals surface area contributed by atoms with Gasteiger partial charge in [0.1, 0.15) is 6.33 Å². The Balaban J connectivity index is 1.96. The molecule has 0 amide bonds. The number of hydrogen-bond acceptors (Lipinski definition) is 5. The van der Waals surface area contributed by atoms with Gasteiger partial charge in [0, 0.05) is 31.5 Å². The Kier molecular flexibility index (Phi) is 3.59. The highest BCUT2D eigenvalue weighted by atomic mass is 15.3. The fraction of sp³-hybridized carbons (Fsp3) is 0.615. The number of nitrogens with zero attached hydrogens (tertiary/aromatic N) is 5. The predicted octanol–water partition coefficient (Wildman–Crippen LogP) is 1.22. The van der Waals surface area contributed by atoms with Crippen LogP contribution in [-0.2, 0) is 0 Å². The molecule has 2 aromatic heterocycles. The van der Waals surface area contributed by atoms with Crippen molar-refractivity contribution in [3.8, 4) is 0 Å². The number of rotatable bonds is 4. The molecule has 3 rings (SSSR count). The Morgan fingerprint density at radius 1 is 1.32 bits per heavy atom. The third kappa shape index (κ3) is 2.40. The lowest BCUT2D eigenvalue weighted by molar-refractivity contribution is 0.414. The van der Waals surface area contributed by atoms with Crippen LogP contribution < -0.4 is 10.6 Å². The second kappa shape index (κ2) is 5.52. The monoisotopic (exact) mass is 260 g/mol. The van der Waals surface area contributed by atoms with E-state index in [0.29, 0.717) is 12.6 Å². The van der Waals surface area contributed by atoms with Crippen LogP contribution in [0.5, 0.6) is 0 Å². The first kappa shape index (κ1) is 12.3. The van der Waals surface area contributed by atoms with Crippen LogP contribution >= 0.6 is 0 Å². The largest absolute Gasteiger partial charge is 0.349 e. The number of aromatic nitrogens is 4. The second-order valence-corrected chi connectivity index (χ2v) is 5.09. The predicted molar refractivity (Wildman–Crippen MR) is 74.1 cm³/mol. The molecule has 0 saturated heterocycles. The van der Waals surface area contributed by atoms with Crippen LogP contribution in [0.2, 0.25) is 0 Å². The molecular formula is C13H20N6. The molecule has 0 aromatic carbocycles. The van der Waals surface area contributed by atoms with Crippen molar-refractivity contribution in [2.24, 2.45) is 5.73 Å². The van der Waals surface area contributed by atoms with Crippen LogP contribution in [0.1, 0.15) is 32.1 Å². The number of hydrogen-bond donors (Lipinski definition) is 1. The first-order valence-electron chi connectivity index (χ1n) is 7.01. The quantitative estimate of drug-likeness (QED) is 0.895. The van der Waals surface area contributed by atoms with E-state index in [1.807, 2.05) is 10.6 Å². The van der Waals surface area contributed by atoms with E-state index in [1.54, 1.807) is 12.5 Å². The summed E-state index contributed by atoms with van der Waals surface area (Å²) >= 11 is 0. The first-order chi connectivity index (χ1) is 9.40. The van der Waals surface area contributed by atoms with Gasteiger partial charge in [0.05, 0.1) is 0 Å². The van der Waals surface area contributed by atoms with E-state index in [0.717, 1.165) is 18.0 Å². The smallest absolute Gasteiger partial charge is 0.203 e. The van der Waals surface area contributed by atoms with Gasteiger partial charge in [0.15, 0.2) is 5.82 Å². The van der Waals surface area contributed by atoms with Crippen molar-refractivity contribution >= 4 is 11.5 Å². The highest BCUT2D eigenvalue weighted by molar-refractivity contribution is 5.63. The normalized spacial score (nSPS) is 16.9. The van der Waals surface area contributed by atoms with E-state index in [4.69, 9.17) is 5.73 Å². The minimum Gasteiger partial charge on any atom is -0.349 e. The maximum absolute atomic E-state index is 5.78. The van der Waals surface area contributed by atoms with E-state index in [1.165, 1.54) is 32.1 Å². The molecule has 2 N–H and O–H groups in total. The summed E-state index contributed by atoms with van der Waals surface area (Å²) in [5.41, 5.74) is 6.60. The minimum absolute atomic E-state index is 0.535. The van der Waals surface area contributed by atoms with Gasteiger partial charge in [-0.2, -0.15) is 0 Å². The lowest BCUT2D eigenvalue weighted by Crippen LogP contribution is -2.41. The molecule has 0 spiro atoms. The van der Waals surface area contributed by atoms with Crippen molar-refractivity contribution < 1.29 is 0 Å². The van der Waals surface area contributed by atoms with E-state index < -0.39 is 0 Å². The number of anilines is 1. The number of nitrogens with two attached hydrogens (primary N) is 1. The summed E-state index contributed by atoms with van der Waals surface area (Å²) in [6, 6.07) is 0.535. The van der Waals surface area contributed by atoms with Gasteiger partial charge >= 0.3 is 0 Å². The molecule has 2 heterocycles. The van der Waals surface area contributed by atoms with Gasteiger partial charge in [-0.3, -0.25) is 4.40 Å². The summed E-state index contributed by atoms with van der Waals surface area (Å²) in [5, 5.41) is 8.15. The van der Waals surface area contributed by atoms with Gasteiger partial charge in [-0.1, -0.05) is 19.3 Å². The molecular weight excluding hydrogens is 240 g/mol. The van der Waals surface area contributed by atoms with Crippen LogP contribution in [0.3, 0.4) is 0 Å². The second-order valence-electron chi connectivity index (χ2n) is 5.09. The SMILES string of the molecule is NCCN(c1nccn2cnnc12)C1CCCCC1. The van der Waals surface area contributed by atoms with E-state index in [9.17, 15) is 0 Å². The molecule has 1 fully saturated rings. The standard InChI is InChI=1S/C13H20N6/c14-6-8-19(11-4-2-1-3-5-11)12-13-17-16-10-18(13)9-7-15-12/h7,9-11H,1-6,8,14H2. The zero-order valence-corrected chi connectivity index (χ0v) is 11.1. The molecule has 0 radical (unpaired) electrons. The van der Waals surface area contributed by atoms with E-state index in [2.05, 4.69) is 20.1 Å². The van der Waals surface area contributed by atoms with E-state index >= 15 is 0 Å². The van der Waals surface area contributed by atoms with Crippen LogP contribution in [0.4, 0.5) is 5.82 Å². The fourth-order valence-corrected chi connectivity index (χ4v) is 2.94. The zero-order valence-electron chi connectivity index (χ0n) is 11.1.